The van der Waals surface area contributed by atoms with E-state index < -0.39 is 5.79 Å². The van der Waals surface area contributed by atoms with Gasteiger partial charge in [-0.1, -0.05) is 34.1 Å². The van der Waals surface area contributed by atoms with Crippen molar-refractivity contribution in [2.24, 2.45) is 11.8 Å². The molecule has 4 atom stereocenters. The molecule has 100 valence electrons. The first-order chi connectivity index (χ1) is 8.18. The van der Waals surface area contributed by atoms with Crippen LogP contribution in [0.5, 0.6) is 0 Å². The molecule has 3 heteroatoms. The van der Waals surface area contributed by atoms with Gasteiger partial charge in [0, 0.05) is 25.2 Å². The summed E-state index contributed by atoms with van der Waals surface area (Å²) in [5, 5.41) is 0. The van der Waals surface area contributed by atoms with Crippen LogP contribution in [0.2, 0.25) is 0 Å². The maximum Gasteiger partial charge on any atom is 0.208 e. The fourth-order valence-electron chi connectivity index (χ4n) is 3.09. The van der Waals surface area contributed by atoms with Gasteiger partial charge in [-0.05, 0) is 18.8 Å². The fraction of sp³-hybridized carbons (Fsp3) is 1.00. The minimum absolute atomic E-state index is 0.355. The molecule has 1 heterocycles. The van der Waals surface area contributed by atoms with E-state index in [0.29, 0.717) is 11.8 Å². The summed E-state index contributed by atoms with van der Waals surface area (Å²) in [5.74, 6) is 0.485. The van der Waals surface area contributed by atoms with E-state index in [1.54, 1.807) is 0 Å². The molecule has 0 aromatic carbocycles. The first-order valence-corrected chi connectivity index (χ1v) is 7.25. The molecule has 3 fully saturated rings. The third kappa shape index (κ3) is 2.38. The standard InChI is InChI=1S/C12H20O3.C2H6/c1-3-10-8-12(10)13-11(14-15-12)6-4-5-9(2)7-11;1-2/h9-10H,3-8H2,1-2H3;1-2H3. The van der Waals surface area contributed by atoms with Crippen LogP contribution in [0.25, 0.3) is 0 Å². The van der Waals surface area contributed by atoms with Crippen LogP contribution in [0, 0.1) is 11.8 Å². The second kappa shape index (κ2) is 4.87. The minimum atomic E-state index is -0.401. The molecular weight excluding hydrogens is 216 g/mol. The van der Waals surface area contributed by atoms with E-state index in [1.807, 2.05) is 13.8 Å². The molecule has 3 aliphatic rings. The van der Waals surface area contributed by atoms with Gasteiger partial charge in [-0.3, -0.25) is 0 Å². The van der Waals surface area contributed by atoms with Crippen molar-refractivity contribution in [2.45, 2.75) is 77.8 Å². The van der Waals surface area contributed by atoms with Gasteiger partial charge in [0.25, 0.3) is 0 Å². The molecule has 1 aliphatic heterocycles. The van der Waals surface area contributed by atoms with Crippen LogP contribution < -0.4 is 0 Å². The highest BCUT2D eigenvalue weighted by Crippen LogP contribution is 2.59. The van der Waals surface area contributed by atoms with Gasteiger partial charge in [0.1, 0.15) is 0 Å². The molecule has 0 N–H and O–H groups in total. The summed E-state index contributed by atoms with van der Waals surface area (Å²) in [4.78, 5) is 11.0. The van der Waals surface area contributed by atoms with Gasteiger partial charge in [-0.2, -0.15) is 9.78 Å². The summed E-state index contributed by atoms with van der Waals surface area (Å²) in [6.07, 6.45) is 6.60. The Labute approximate surface area is 105 Å². The second-order valence-electron chi connectivity index (χ2n) is 5.50. The molecule has 0 aromatic rings. The smallest absolute Gasteiger partial charge is 0.208 e. The van der Waals surface area contributed by atoms with Crippen LogP contribution in [0.15, 0.2) is 0 Å². The lowest BCUT2D eigenvalue weighted by atomic mass is 9.86. The van der Waals surface area contributed by atoms with Gasteiger partial charge >= 0.3 is 0 Å². The van der Waals surface area contributed by atoms with Crippen LogP contribution >= 0.6 is 0 Å². The molecule has 4 unspecified atom stereocenters. The summed E-state index contributed by atoms with van der Waals surface area (Å²) < 4.78 is 6.12. The van der Waals surface area contributed by atoms with Crippen molar-refractivity contribution in [3.05, 3.63) is 0 Å². The lowest BCUT2D eigenvalue weighted by molar-refractivity contribution is -0.344. The fourth-order valence-corrected chi connectivity index (χ4v) is 3.09. The Hall–Kier alpha value is -0.120. The van der Waals surface area contributed by atoms with Crippen molar-refractivity contribution >= 4 is 0 Å². The highest BCUT2D eigenvalue weighted by molar-refractivity contribution is 5.00. The molecule has 0 amide bonds. The van der Waals surface area contributed by atoms with Crippen LogP contribution in [0.4, 0.5) is 0 Å². The van der Waals surface area contributed by atoms with E-state index >= 15 is 0 Å². The van der Waals surface area contributed by atoms with Crippen LogP contribution in [-0.4, -0.2) is 11.6 Å². The summed E-state index contributed by atoms with van der Waals surface area (Å²) >= 11 is 0. The minimum Gasteiger partial charge on any atom is -0.312 e. The van der Waals surface area contributed by atoms with Gasteiger partial charge in [0.2, 0.25) is 11.6 Å². The molecule has 3 nitrogen and oxygen atoms in total. The maximum atomic E-state index is 6.12. The molecular formula is C14H26O3. The highest BCUT2D eigenvalue weighted by Gasteiger charge is 2.67. The Kier molecular flexibility index (Phi) is 3.81. The van der Waals surface area contributed by atoms with Gasteiger partial charge in [-0.15, -0.1) is 0 Å². The summed E-state index contributed by atoms with van der Waals surface area (Å²) in [6.45, 7) is 8.45. The molecule has 2 saturated carbocycles. The number of ether oxygens (including phenoxy) is 1. The molecule has 17 heavy (non-hydrogen) atoms. The van der Waals surface area contributed by atoms with Gasteiger partial charge in [0.05, 0.1) is 0 Å². The molecule has 0 aromatic heterocycles. The van der Waals surface area contributed by atoms with Crippen molar-refractivity contribution in [1.82, 2.24) is 0 Å². The molecule has 0 bridgehead atoms. The Bertz CT molecular complexity index is 268. The lowest BCUT2D eigenvalue weighted by Gasteiger charge is -2.32. The van der Waals surface area contributed by atoms with E-state index in [1.165, 1.54) is 12.8 Å². The Morgan fingerprint density at radius 3 is 2.53 bits per heavy atom. The molecule has 2 spiro atoms. The molecule has 2 aliphatic carbocycles. The Morgan fingerprint density at radius 1 is 1.18 bits per heavy atom. The SMILES string of the molecule is CC.CCC1CC12OOC1(CCCC(C)C1)O2. The Balaban J connectivity index is 0.000000514. The second-order valence-corrected chi connectivity index (χ2v) is 5.50. The molecule has 3 rings (SSSR count). The maximum absolute atomic E-state index is 6.12. The van der Waals surface area contributed by atoms with Crippen LogP contribution in [-0.2, 0) is 14.5 Å². The highest BCUT2D eigenvalue weighted by atomic mass is 17.3. The van der Waals surface area contributed by atoms with Crippen molar-refractivity contribution in [2.75, 3.05) is 0 Å². The zero-order valence-corrected chi connectivity index (χ0v) is 11.6. The predicted octanol–water partition coefficient (Wildman–Crippen LogP) is 4.02. The van der Waals surface area contributed by atoms with E-state index in [4.69, 9.17) is 14.5 Å². The largest absolute Gasteiger partial charge is 0.312 e. The number of hydrogen-bond acceptors (Lipinski definition) is 3. The average Bonchev–Trinajstić information content (AvgIpc) is 2.91. The van der Waals surface area contributed by atoms with E-state index in [9.17, 15) is 0 Å². The quantitative estimate of drug-likeness (QED) is 0.650. The number of rotatable bonds is 1. The Morgan fingerprint density at radius 2 is 1.94 bits per heavy atom. The van der Waals surface area contributed by atoms with E-state index in [0.717, 1.165) is 25.7 Å². The first kappa shape index (κ1) is 13.3. The number of hydrogen-bond donors (Lipinski definition) is 0. The van der Waals surface area contributed by atoms with E-state index in [2.05, 4.69) is 13.8 Å². The van der Waals surface area contributed by atoms with Crippen molar-refractivity contribution in [1.29, 1.82) is 0 Å². The first-order valence-electron chi connectivity index (χ1n) is 7.25. The summed E-state index contributed by atoms with van der Waals surface area (Å²) in [7, 11) is 0. The van der Waals surface area contributed by atoms with Crippen LogP contribution in [0.1, 0.15) is 66.2 Å². The van der Waals surface area contributed by atoms with E-state index in [-0.39, 0.29) is 5.79 Å². The normalized spacial score (nSPS) is 48.0. The van der Waals surface area contributed by atoms with Gasteiger partial charge < -0.3 is 4.74 Å². The zero-order chi connectivity index (χ0) is 12.5. The van der Waals surface area contributed by atoms with Crippen molar-refractivity contribution < 1.29 is 14.5 Å². The monoisotopic (exact) mass is 242 g/mol. The lowest BCUT2D eigenvalue weighted by Crippen LogP contribution is -2.36. The average molecular weight is 242 g/mol. The third-order valence-electron chi connectivity index (χ3n) is 4.09. The summed E-state index contributed by atoms with van der Waals surface area (Å²) in [6, 6.07) is 0. The summed E-state index contributed by atoms with van der Waals surface area (Å²) in [5.41, 5.74) is 0. The van der Waals surface area contributed by atoms with Crippen molar-refractivity contribution in [3.8, 4) is 0 Å². The topological polar surface area (TPSA) is 27.7 Å². The van der Waals surface area contributed by atoms with Crippen LogP contribution in [0.3, 0.4) is 0 Å². The third-order valence-corrected chi connectivity index (χ3v) is 4.09. The molecule has 1 saturated heterocycles. The predicted molar refractivity (Wildman–Crippen MR) is 66.1 cm³/mol. The van der Waals surface area contributed by atoms with Gasteiger partial charge in [0.15, 0.2) is 0 Å². The van der Waals surface area contributed by atoms with Crippen molar-refractivity contribution in [3.63, 3.8) is 0 Å². The van der Waals surface area contributed by atoms with Gasteiger partial charge in [-0.25, -0.2) is 0 Å². The molecule has 0 radical (unpaired) electrons. The zero-order valence-electron chi connectivity index (χ0n) is 11.6.